The van der Waals surface area contributed by atoms with Gasteiger partial charge in [0.05, 0.1) is 17.9 Å². The number of aromatic nitrogens is 5. The van der Waals surface area contributed by atoms with Crippen molar-refractivity contribution in [3.8, 4) is 0 Å². The molecular formula is C24H31N7O. The van der Waals surface area contributed by atoms with Crippen molar-refractivity contribution in [3.05, 3.63) is 42.5 Å². The minimum absolute atomic E-state index is 0.244. The Kier molecular flexibility index (Phi) is 5.45. The van der Waals surface area contributed by atoms with Crippen LogP contribution < -0.4 is 10.6 Å². The Morgan fingerprint density at radius 3 is 2.72 bits per heavy atom. The summed E-state index contributed by atoms with van der Waals surface area (Å²) in [6, 6.07) is 2.26. The minimum atomic E-state index is -0.244. The SMILES string of the molecule is C=C(C)c1nn(C2CCC(C)CC2)cc1NC(=O)c1cnn2ccc(NCC3CC3)nc12. The van der Waals surface area contributed by atoms with Gasteiger partial charge in [-0.3, -0.25) is 9.48 Å². The van der Waals surface area contributed by atoms with E-state index in [1.807, 2.05) is 30.1 Å². The summed E-state index contributed by atoms with van der Waals surface area (Å²) in [6.45, 7) is 9.20. The van der Waals surface area contributed by atoms with Crippen molar-refractivity contribution in [3.63, 3.8) is 0 Å². The van der Waals surface area contributed by atoms with Gasteiger partial charge in [-0.1, -0.05) is 13.5 Å². The average molecular weight is 434 g/mol. The number of amides is 1. The molecule has 0 aromatic carbocycles. The molecule has 0 radical (unpaired) electrons. The molecule has 2 N–H and O–H groups in total. The highest BCUT2D eigenvalue weighted by molar-refractivity contribution is 6.09. The summed E-state index contributed by atoms with van der Waals surface area (Å²) in [7, 11) is 0. The Morgan fingerprint density at radius 2 is 2.00 bits per heavy atom. The van der Waals surface area contributed by atoms with Crippen LogP contribution in [0.4, 0.5) is 11.5 Å². The Morgan fingerprint density at radius 1 is 1.22 bits per heavy atom. The first-order valence-corrected chi connectivity index (χ1v) is 11.6. The van der Waals surface area contributed by atoms with E-state index in [0.717, 1.165) is 48.3 Å². The van der Waals surface area contributed by atoms with Gasteiger partial charge in [0.1, 0.15) is 17.1 Å². The molecule has 32 heavy (non-hydrogen) atoms. The molecule has 3 aromatic heterocycles. The lowest BCUT2D eigenvalue weighted by molar-refractivity contribution is 0.102. The number of nitrogens with one attached hydrogen (secondary N) is 2. The molecule has 8 heteroatoms. The highest BCUT2D eigenvalue weighted by atomic mass is 16.1. The van der Waals surface area contributed by atoms with E-state index in [1.54, 1.807) is 10.7 Å². The molecule has 2 aliphatic rings. The number of nitrogens with zero attached hydrogens (tertiary/aromatic N) is 5. The first-order chi connectivity index (χ1) is 15.5. The van der Waals surface area contributed by atoms with E-state index in [-0.39, 0.29) is 5.91 Å². The molecular weight excluding hydrogens is 402 g/mol. The van der Waals surface area contributed by atoms with Crippen molar-refractivity contribution in [2.75, 3.05) is 17.2 Å². The van der Waals surface area contributed by atoms with E-state index >= 15 is 0 Å². The number of allylic oxidation sites excluding steroid dienone is 1. The lowest BCUT2D eigenvalue weighted by atomic mass is 9.87. The third kappa shape index (κ3) is 4.26. The Labute approximate surface area is 188 Å². The molecule has 1 amide bonds. The molecule has 0 bridgehead atoms. The molecule has 0 atom stereocenters. The predicted molar refractivity (Wildman–Crippen MR) is 126 cm³/mol. The van der Waals surface area contributed by atoms with Crippen LogP contribution in [0.25, 0.3) is 11.2 Å². The summed E-state index contributed by atoms with van der Waals surface area (Å²) in [5, 5.41) is 15.5. The summed E-state index contributed by atoms with van der Waals surface area (Å²) in [4.78, 5) is 17.8. The van der Waals surface area contributed by atoms with Crippen molar-refractivity contribution < 1.29 is 4.79 Å². The van der Waals surface area contributed by atoms with Gasteiger partial charge in [-0.05, 0) is 68.9 Å². The molecule has 0 aliphatic heterocycles. The van der Waals surface area contributed by atoms with Gasteiger partial charge in [-0.2, -0.15) is 10.2 Å². The second kappa shape index (κ2) is 8.41. The summed E-state index contributed by atoms with van der Waals surface area (Å²) in [5.74, 6) is 2.03. The fourth-order valence-electron chi connectivity index (χ4n) is 4.38. The van der Waals surface area contributed by atoms with Crippen LogP contribution >= 0.6 is 0 Å². The quantitative estimate of drug-likeness (QED) is 0.559. The van der Waals surface area contributed by atoms with E-state index in [1.165, 1.54) is 25.7 Å². The Hall–Kier alpha value is -3.16. The molecule has 5 rings (SSSR count). The Bertz CT molecular complexity index is 1150. The molecule has 3 heterocycles. The maximum absolute atomic E-state index is 13.2. The van der Waals surface area contributed by atoms with E-state index in [2.05, 4.69) is 34.2 Å². The number of hydrogen-bond acceptors (Lipinski definition) is 5. The second-order valence-corrected chi connectivity index (χ2v) is 9.48. The maximum Gasteiger partial charge on any atom is 0.261 e. The lowest BCUT2D eigenvalue weighted by Crippen LogP contribution is -2.17. The fourth-order valence-corrected chi connectivity index (χ4v) is 4.38. The summed E-state index contributed by atoms with van der Waals surface area (Å²) >= 11 is 0. The van der Waals surface area contributed by atoms with Crippen LogP contribution in [0, 0.1) is 11.8 Å². The van der Waals surface area contributed by atoms with E-state index < -0.39 is 0 Å². The topological polar surface area (TPSA) is 89.1 Å². The number of rotatable bonds is 7. The number of carbonyl (C=O) groups is 1. The standard InChI is InChI=1S/C24H31N7O/c1-15(2)22-20(14-31(29-22)18-8-4-16(3)5-9-18)27-24(32)19-13-26-30-11-10-21(28-23(19)30)25-12-17-6-7-17/h10-11,13-14,16-18H,1,4-9,12H2,2-3H3,(H,25,28)(H,27,32). The van der Waals surface area contributed by atoms with E-state index in [0.29, 0.717) is 22.9 Å². The fraction of sp³-hybridized carbons (Fsp3) is 0.500. The zero-order chi connectivity index (χ0) is 22.2. The van der Waals surface area contributed by atoms with Crippen molar-refractivity contribution >= 4 is 28.6 Å². The molecule has 0 spiro atoms. The van der Waals surface area contributed by atoms with Gasteiger partial charge in [-0.25, -0.2) is 9.50 Å². The summed E-state index contributed by atoms with van der Waals surface area (Å²) in [6.07, 6.45) is 12.5. The summed E-state index contributed by atoms with van der Waals surface area (Å²) in [5.41, 5.74) is 3.21. The zero-order valence-corrected chi connectivity index (χ0v) is 18.8. The first-order valence-electron chi connectivity index (χ1n) is 11.6. The molecule has 2 fully saturated rings. The van der Waals surface area contributed by atoms with Crippen LogP contribution in [0.2, 0.25) is 0 Å². The number of hydrogen-bond donors (Lipinski definition) is 2. The molecule has 0 unspecified atom stereocenters. The number of anilines is 2. The monoisotopic (exact) mass is 433 g/mol. The smallest absolute Gasteiger partial charge is 0.261 e. The molecule has 0 saturated heterocycles. The third-order valence-electron chi connectivity index (χ3n) is 6.63. The van der Waals surface area contributed by atoms with Gasteiger partial charge in [-0.15, -0.1) is 0 Å². The Balaban J connectivity index is 1.37. The second-order valence-electron chi connectivity index (χ2n) is 9.48. The van der Waals surface area contributed by atoms with Crippen molar-refractivity contribution in [1.29, 1.82) is 0 Å². The molecule has 2 aliphatic carbocycles. The average Bonchev–Trinajstić information content (AvgIpc) is 3.36. The van der Waals surface area contributed by atoms with Crippen LogP contribution in [0.15, 0.2) is 31.2 Å². The highest BCUT2D eigenvalue weighted by Crippen LogP contribution is 2.34. The predicted octanol–water partition coefficient (Wildman–Crippen LogP) is 4.78. The van der Waals surface area contributed by atoms with Crippen LogP contribution in [-0.2, 0) is 0 Å². The molecule has 2 saturated carbocycles. The van der Waals surface area contributed by atoms with Crippen LogP contribution in [0.5, 0.6) is 0 Å². The van der Waals surface area contributed by atoms with Gasteiger partial charge in [0.25, 0.3) is 5.91 Å². The molecule has 3 aromatic rings. The van der Waals surface area contributed by atoms with Crippen molar-refractivity contribution in [1.82, 2.24) is 24.4 Å². The number of fused-ring (bicyclic) bond motifs is 1. The van der Waals surface area contributed by atoms with E-state index in [4.69, 9.17) is 5.10 Å². The van der Waals surface area contributed by atoms with Crippen molar-refractivity contribution in [2.24, 2.45) is 11.8 Å². The number of carbonyl (C=O) groups excluding carboxylic acids is 1. The zero-order valence-electron chi connectivity index (χ0n) is 18.8. The van der Waals surface area contributed by atoms with E-state index in [9.17, 15) is 4.79 Å². The molecule has 168 valence electrons. The summed E-state index contributed by atoms with van der Waals surface area (Å²) < 4.78 is 3.64. The van der Waals surface area contributed by atoms with Gasteiger partial charge in [0.2, 0.25) is 0 Å². The first kappa shape index (κ1) is 20.7. The van der Waals surface area contributed by atoms with Crippen LogP contribution in [0.1, 0.15) is 74.5 Å². The normalized spacial score (nSPS) is 20.9. The van der Waals surface area contributed by atoms with Gasteiger partial charge < -0.3 is 10.6 Å². The van der Waals surface area contributed by atoms with Gasteiger partial charge in [0.15, 0.2) is 5.65 Å². The van der Waals surface area contributed by atoms with Crippen LogP contribution in [-0.4, -0.2) is 36.8 Å². The third-order valence-corrected chi connectivity index (χ3v) is 6.63. The van der Waals surface area contributed by atoms with Crippen LogP contribution in [0.3, 0.4) is 0 Å². The molecule has 8 nitrogen and oxygen atoms in total. The highest BCUT2D eigenvalue weighted by Gasteiger charge is 2.24. The van der Waals surface area contributed by atoms with Crippen molar-refractivity contribution in [2.45, 2.75) is 58.4 Å². The maximum atomic E-state index is 13.2. The van der Waals surface area contributed by atoms with Gasteiger partial charge >= 0.3 is 0 Å². The van der Waals surface area contributed by atoms with Gasteiger partial charge in [0, 0.05) is 18.9 Å². The minimum Gasteiger partial charge on any atom is -0.370 e. The lowest BCUT2D eigenvalue weighted by Gasteiger charge is -2.26. The largest absolute Gasteiger partial charge is 0.370 e.